The maximum Gasteiger partial charge on any atom is 0.291 e. The molecule has 2 N–H and O–H groups in total. The Morgan fingerprint density at radius 3 is 2.52 bits per heavy atom. The first-order chi connectivity index (χ1) is 12.0. The molecule has 0 unspecified atom stereocenters. The van der Waals surface area contributed by atoms with Gasteiger partial charge in [-0.05, 0) is 64.8 Å². The summed E-state index contributed by atoms with van der Waals surface area (Å²) in [7, 11) is 0. The molecule has 0 saturated carbocycles. The van der Waals surface area contributed by atoms with Gasteiger partial charge < -0.3 is 15.1 Å². The molecule has 7 heteroatoms. The molecule has 3 rings (SSSR count). The van der Waals surface area contributed by atoms with E-state index in [9.17, 15) is 9.59 Å². The van der Waals surface area contributed by atoms with Crippen LogP contribution in [-0.2, 0) is 0 Å². The molecule has 6 nitrogen and oxygen atoms in total. The fourth-order valence-electron chi connectivity index (χ4n) is 2.21. The van der Waals surface area contributed by atoms with Gasteiger partial charge in [-0.25, -0.2) is 0 Å². The number of aryl methyl sites for hydroxylation is 1. The average molecular weight is 400 g/mol. The molecule has 2 amide bonds. The number of benzene rings is 1. The molecule has 0 spiro atoms. The predicted molar refractivity (Wildman–Crippen MR) is 97.7 cm³/mol. The minimum Gasteiger partial charge on any atom is -0.444 e. The van der Waals surface area contributed by atoms with Crippen LogP contribution in [0.5, 0.6) is 0 Å². The van der Waals surface area contributed by atoms with Crippen LogP contribution in [0.25, 0.3) is 0 Å². The molecule has 0 saturated heterocycles. The summed E-state index contributed by atoms with van der Waals surface area (Å²) >= 11 is 3.15. The normalized spacial score (nSPS) is 10.3. The lowest BCUT2D eigenvalue weighted by Crippen LogP contribution is -2.15. The number of hydrogen-bond donors (Lipinski definition) is 2. The molecule has 2 aromatic heterocycles. The fraction of sp³-hybridized carbons (Fsp3) is 0.0556. The molecular formula is C18H14BrN3O3. The van der Waals surface area contributed by atoms with E-state index in [0.29, 0.717) is 21.6 Å². The third kappa shape index (κ3) is 4.13. The largest absolute Gasteiger partial charge is 0.444 e. The van der Waals surface area contributed by atoms with Gasteiger partial charge in [0.1, 0.15) is 0 Å². The second kappa shape index (κ2) is 7.31. The number of halogens is 1. The summed E-state index contributed by atoms with van der Waals surface area (Å²) in [6, 6.07) is 11.8. The number of rotatable bonds is 4. The number of nitrogens with zero attached hydrogens (tertiary/aromatic N) is 1. The molecule has 0 aliphatic carbocycles. The molecule has 2 heterocycles. The Kier molecular flexibility index (Phi) is 4.95. The van der Waals surface area contributed by atoms with Crippen molar-refractivity contribution in [1.82, 2.24) is 4.98 Å². The van der Waals surface area contributed by atoms with Gasteiger partial charge in [-0.1, -0.05) is 6.07 Å². The Morgan fingerprint density at radius 1 is 1.04 bits per heavy atom. The van der Waals surface area contributed by atoms with Crippen LogP contribution in [0.3, 0.4) is 0 Å². The van der Waals surface area contributed by atoms with Gasteiger partial charge >= 0.3 is 0 Å². The number of carbonyl (C=O) groups excluding carboxylic acids is 2. The third-order valence-electron chi connectivity index (χ3n) is 3.46. The lowest BCUT2D eigenvalue weighted by Gasteiger charge is -2.10. The molecule has 1 aromatic carbocycles. The molecule has 0 atom stereocenters. The average Bonchev–Trinajstić information content (AvgIpc) is 3.04. The number of hydrogen-bond acceptors (Lipinski definition) is 4. The van der Waals surface area contributed by atoms with E-state index in [2.05, 4.69) is 31.5 Å². The maximum atomic E-state index is 12.5. The van der Waals surface area contributed by atoms with Crippen LogP contribution in [0.15, 0.2) is 63.9 Å². The second-order valence-electron chi connectivity index (χ2n) is 5.28. The molecule has 3 aromatic rings. The summed E-state index contributed by atoms with van der Waals surface area (Å²) in [5, 5.41) is 5.49. The van der Waals surface area contributed by atoms with Gasteiger partial charge in [-0.15, -0.1) is 0 Å². The second-order valence-corrected chi connectivity index (χ2v) is 6.06. The van der Waals surface area contributed by atoms with E-state index in [1.165, 1.54) is 0 Å². The number of nitrogens with one attached hydrogen (secondary N) is 2. The van der Waals surface area contributed by atoms with Gasteiger partial charge in [-0.3, -0.25) is 14.6 Å². The molecule has 0 radical (unpaired) electrons. The number of pyridine rings is 1. The monoisotopic (exact) mass is 399 g/mol. The van der Waals surface area contributed by atoms with Gasteiger partial charge in [0, 0.05) is 17.4 Å². The molecule has 0 fully saturated rings. The SMILES string of the molecule is Cc1ccc(NC(=O)c2ccc(Br)o2)cc1C(=O)Nc1cccnc1. The molecule has 0 bridgehead atoms. The molecule has 126 valence electrons. The van der Waals surface area contributed by atoms with Crippen LogP contribution in [0.4, 0.5) is 11.4 Å². The zero-order valence-electron chi connectivity index (χ0n) is 13.2. The number of amides is 2. The van der Waals surface area contributed by atoms with Crippen molar-refractivity contribution in [3.63, 3.8) is 0 Å². The van der Waals surface area contributed by atoms with Crippen molar-refractivity contribution in [2.75, 3.05) is 10.6 Å². The number of aromatic nitrogens is 1. The van der Waals surface area contributed by atoms with E-state index >= 15 is 0 Å². The Hall–Kier alpha value is -2.93. The highest BCUT2D eigenvalue weighted by Crippen LogP contribution is 2.19. The highest BCUT2D eigenvalue weighted by Gasteiger charge is 2.14. The summed E-state index contributed by atoms with van der Waals surface area (Å²) in [5.41, 5.74) is 2.35. The Labute approximate surface area is 152 Å². The first-order valence-corrected chi connectivity index (χ1v) is 8.21. The van der Waals surface area contributed by atoms with Gasteiger partial charge in [0.2, 0.25) is 0 Å². The maximum absolute atomic E-state index is 12.5. The van der Waals surface area contributed by atoms with Gasteiger partial charge in [0.25, 0.3) is 11.8 Å². The van der Waals surface area contributed by atoms with Crippen molar-refractivity contribution in [2.24, 2.45) is 0 Å². The summed E-state index contributed by atoms with van der Waals surface area (Å²) in [6.45, 7) is 1.83. The zero-order valence-corrected chi connectivity index (χ0v) is 14.8. The summed E-state index contributed by atoms with van der Waals surface area (Å²) < 4.78 is 5.69. The number of carbonyl (C=O) groups is 2. The van der Waals surface area contributed by atoms with E-state index in [1.807, 2.05) is 6.92 Å². The third-order valence-corrected chi connectivity index (χ3v) is 3.88. The summed E-state index contributed by atoms with van der Waals surface area (Å²) in [5.74, 6) is -0.496. The van der Waals surface area contributed by atoms with E-state index < -0.39 is 5.91 Å². The summed E-state index contributed by atoms with van der Waals surface area (Å²) in [6.07, 6.45) is 3.19. The topological polar surface area (TPSA) is 84.2 Å². The van der Waals surface area contributed by atoms with Crippen LogP contribution >= 0.6 is 15.9 Å². The van der Waals surface area contributed by atoms with Crippen LogP contribution in [-0.4, -0.2) is 16.8 Å². The number of anilines is 2. The van der Waals surface area contributed by atoms with Crippen LogP contribution in [0.2, 0.25) is 0 Å². The first kappa shape index (κ1) is 16.9. The minimum atomic E-state index is -0.395. The highest BCUT2D eigenvalue weighted by molar-refractivity contribution is 9.10. The van der Waals surface area contributed by atoms with E-state index in [1.54, 1.807) is 54.9 Å². The smallest absolute Gasteiger partial charge is 0.291 e. The van der Waals surface area contributed by atoms with Crippen LogP contribution in [0.1, 0.15) is 26.5 Å². The van der Waals surface area contributed by atoms with Crippen molar-refractivity contribution >= 4 is 39.1 Å². The standard InChI is InChI=1S/C18H14BrN3O3/c1-11-4-5-12(21-18(24)15-6-7-16(19)25-15)9-14(11)17(23)22-13-3-2-8-20-10-13/h2-10H,1H3,(H,21,24)(H,22,23). The van der Waals surface area contributed by atoms with Gasteiger partial charge in [-0.2, -0.15) is 0 Å². The number of furan rings is 1. The molecular weight excluding hydrogens is 386 g/mol. The zero-order chi connectivity index (χ0) is 17.8. The summed E-state index contributed by atoms with van der Waals surface area (Å²) in [4.78, 5) is 28.6. The Balaban J connectivity index is 1.78. The molecule has 0 aliphatic rings. The van der Waals surface area contributed by atoms with Crippen molar-refractivity contribution in [1.29, 1.82) is 0 Å². The van der Waals surface area contributed by atoms with Crippen molar-refractivity contribution in [3.8, 4) is 0 Å². The quantitative estimate of drug-likeness (QED) is 0.686. The Morgan fingerprint density at radius 2 is 1.84 bits per heavy atom. The van der Waals surface area contributed by atoms with E-state index in [-0.39, 0.29) is 11.7 Å². The van der Waals surface area contributed by atoms with E-state index in [0.717, 1.165) is 5.56 Å². The first-order valence-electron chi connectivity index (χ1n) is 7.41. The lowest BCUT2D eigenvalue weighted by atomic mass is 10.1. The van der Waals surface area contributed by atoms with E-state index in [4.69, 9.17) is 4.42 Å². The lowest BCUT2D eigenvalue weighted by molar-refractivity contribution is 0.0992. The van der Waals surface area contributed by atoms with Gasteiger partial charge in [0.05, 0.1) is 11.9 Å². The highest BCUT2D eigenvalue weighted by atomic mass is 79.9. The van der Waals surface area contributed by atoms with Crippen molar-refractivity contribution in [2.45, 2.75) is 6.92 Å². The van der Waals surface area contributed by atoms with Crippen molar-refractivity contribution in [3.05, 3.63) is 76.4 Å². The Bertz CT molecular complexity index is 922. The molecule has 0 aliphatic heterocycles. The fourth-order valence-corrected chi connectivity index (χ4v) is 2.52. The minimum absolute atomic E-state index is 0.175. The van der Waals surface area contributed by atoms with Gasteiger partial charge in [0.15, 0.2) is 10.4 Å². The van der Waals surface area contributed by atoms with Crippen LogP contribution < -0.4 is 10.6 Å². The van der Waals surface area contributed by atoms with Crippen LogP contribution in [0, 0.1) is 6.92 Å². The van der Waals surface area contributed by atoms with Crippen molar-refractivity contribution < 1.29 is 14.0 Å². The predicted octanol–water partition coefficient (Wildman–Crippen LogP) is 4.25. The molecule has 25 heavy (non-hydrogen) atoms.